The maximum Gasteiger partial charge on any atom is 0.270 e. The fourth-order valence-corrected chi connectivity index (χ4v) is 4.95. The van der Waals surface area contributed by atoms with Gasteiger partial charge in [-0.15, -0.1) is 0 Å². The molecule has 4 aromatic rings. The first kappa shape index (κ1) is 22.5. The number of hydrogen-bond donors (Lipinski definition) is 0. The quantitative estimate of drug-likeness (QED) is 0.415. The van der Waals surface area contributed by atoms with E-state index in [4.69, 9.17) is 14.7 Å². The molecule has 0 radical (unpaired) electrons. The standard InChI is InChI=1S/C27H26N6O2/c1-17-4-7-24-22(14-17)30-26(35-24)18-8-11-33(12-9-18)25-20-6-5-19(31(2)13-10-28)15-23(20)32(3)27(34)21(25)16-29/h4-7,14-15,18H,8-9,11-13H2,1-3H3. The first-order valence-corrected chi connectivity index (χ1v) is 11.7. The number of pyridine rings is 1. The van der Waals surface area contributed by atoms with Crippen molar-refractivity contribution in [1.82, 2.24) is 9.55 Å². The molecule has 0 aliphatic carbocycles. The van der Waals surface area contributed by atoms with Crippen LogP contribution < -0.4 is 15.4 Å². The third kappa shape index (κ3) is 3.87. The fraction of sp³-hybridized carbons (Fsp3) is 0.333. The van der Waals surface area contributed by atoms with Crippen molar-refractivity contribution in [3.63, 3.8) is 0 Å². The van der Waals surface area contributed by atoms with Crippen molar-refractivity contribution >= 4 is 33.4 Å². The minimum absolute atomic E-state index is 0.161. The van der Waals surface area contributed by atoms with Crippen molar-refractivity contribution in [2.75, 3.05) is 36.5 Å². The molecule has 8 nitrogen and oxygen atoms in total. The zero-order valence-electron chi connectivity index (χ0n) is 20.1. The van der Waals surface area contributed by atoms with Gasteiger partial charge in [0.15, 0.2) is 11.5 Å². The number of nitriles is 2. The molecule has 8 heteroatoms. The largest absolute Gasteiger partial charge is 0.440 e. The molecule has 0 saturated carbocycles. The van der Waals surface area contributed by atoms with Gasteiger partial charge in [0.2, 0.25) is 0 Å². The van der Waals surface area contributed by atoms with Crippen LogP contribution in [0.3, 0.4) is 0 Å². The van der Waals surface area contributed by atoms with E-state index in [1.165, 1.54) is 4.57 Å². The molecule has 0 N–H and O–H groups in total. The Morgan fingerprint density at radius 2 is 1.94 bits per heavy atom. The summed E-state index contributed by atoms with van der Waals surface area (Å²) in [6.45, 7) is 3.66. The second-order valence-electron chi connectivity index (χ2n) is 9.20. The second kappa shape index (κ2) is 8.81. The third-order valence-electron chi connectivity index (χ3n) is 6.93. The normalized spacial score (nSPS) is 14.3. The summed E-state index contributed by atoms with van der Waals surface area (Å²) in [6, 6.07) is 16.1. The molecule has 2 aromatic carbocycles. The van der Waals surface area contributed by atoms with Crippen LogP contribution in [-0.2, 0) is 7.05 Å². The highest BCUT2D eigenvalue weighted by atomic mass is 16.3. The van der Waals surface area contributed by atoms with Crippen LogP contribution >= 0.6 is 0 Å². The van der Waals surface area contributed by atoms with Crippen molar-refractivity contribution < 1.29 is 4.42 Å². The lowest BCUT2D eigenvalue weighted by Crippen LogP contribution is -2.36. The lowest BCUT2D eigenvalue weighted by molar-refractivity contribution is 0.407. The van der Waals surface area contributed by atoms with Crippen LogP contribution in [-0.4, -0.2) is 36.2 Å². The van der Waals surface area contributed by atoms with Crippen molar-refractivity contribution in [1.29, 1.82) is 10.5 Å². The zero-order chi connectivity index (χ0) is 24.7. The molecule has 3 heterocycles. The number of nitrogens with zero attached hydrogens (tertiary/aromatic N) is 6. The lowest BCUT2D eigenvalue weighted by atomic mass is 9.95. The molecule has 1 saturated heterocycles. The Hall–Kier alpha value is -4.30. The van der Waals surface area contributed by atoms with E-state index in [2.05, 4.69) is 17.0 Å². The number of aromatic nitrogens is 2. The van der Waals surface area contributed by atoms with Crippen LogP contribution in [0.15, 0.2) is 45.6 Å². The van der Waals surface area contributed by atoms with Gasteiger partial charge in [0, 0.05) is 44.2 Å². The van der Waals surface area contributed by atoms with Crippen molar-refractivity contribution in [3.8, 4) is 12.1 Å². The van der Waals surface area contributed by atoms with Crippen LogP contribution in [0, 0.1) is 29.6 Å². The Morgan fingerprint density at radius 1 is 1.17 bits per heavy atom. The predicted octanol–water partition coefficient (Wildman–Crippen LogP) is 4.20. The van der Waals surface area contributed by atoms with Crippen LogP contribution in [0.1, 0.15) is 35.8 Å². The topological polar surface area (TPSA) is 102 Å². The second-order valence-corrected chi connectivity index (χ2v) is 9.20. The molecular formula is C27H26N6O2. The summed E-state index contributed by atoms with van der Waals surface area (Å²) in [6.07, 6.45) is 1.63. The summed E-state index contributed by atoms with van der Waals surface area (Å²) in [5, 5.41) is 19.8. The maximum atomic E-state index is 13.1. The maximum absolute atomic E-state index is 13.1. The summed E-state index contributed by atoms with van der Waals surface area (Å²) in [4.78, 5) is 21.8. The number of hydrogen-bond acceptors (Lipinski definition) is 7. The molecule has 35 heavy (non-hydrogen) atoms. The molecular weight excluding hydrogens is 440 g/mol. The van der Waals surface area contributed by atoms with Gasteiger partial charge in [0.05, 0.1) is 17.3 Å². The van der Waals surface area contributed by atoms with E-state index in [1.807, 2.05) is 55.3 Å². The summed E-state index contributed by atoms with van der Waals surface area (Å²) in [5.41, 5.74) is 4.94. The van der Waals surface area contributed by atoms with Gasteiger partial charge in [-0.3, -0.25) is 4.79 Å². The molecule has 5 rings (SSSR count). The smallest absolute Gasteiger partial charge is 0.270 e. The molecule has 0 amide bonds. The average Bonchev–Trinajstić information content (AvgIpc) is 3.29. The first-order valence-electron chi connectivity index (χ1n) is 11.7. The van der Waals surface area contributed by atoms with Gasteiger partial charge in [-0.05, 0) is 55.7 Å². The zero-order valence-corrected chi connectivity index (χ0v) is 20.1. The fourth-order valence-electron chi connectivity index (χ4n) is 4.95. The van der Waals surface area contributed by atoms with Gasteiger partial charge < -0.3 is 18.8 Å². The van der Waals surface area contributed by atoms with E-state index in [1.54, 1.807) is 7.05 Å². The highest BCUT2D eigenvalue weighted by Crippen LogP contribution is 2.36. The lowest BCUT2D eigenvalue weighted by Gasteiger charge is -2.34. The predicted molar refractivity (Wildman–Crippen MR) is 136 cm³/mol. The van der Waals surface area contributed by atoms with Gasteiger partial charge in [0.1, 0.15) is 23.7 Å². The molecule has 0 bridgehead atoms. The van der Waals surface area contributed by atoms with Crippen LogP contribution in [0.4, 0.5) is 11.4 Å². The van der Waals surface area contributed by atoms with E-state index in [-0.39, 0.29) is 23.6 Å². The molecule has 0 unspecified atom stereocenters. The van der Waals surface area contributed by atoms with Crippen LogP contribution in [0.2, 0.25) is 0 Å². The summed E-state index contributed by atoms with van der Waals surface area (Å²) < 4.78 is 7.57. The minimum Gasteiger partial charge on any atom is -0.440 e. The number of fused-ring (bicyclic) bond motifs is 2. The number of rotatable bonds is 4. The molecule has 0 spiro atoms. The molecule has 2 aromatic heterocycles. The summed E-state index contributed by atoms with van der Waals surface area (Å²) in [7, 11) is 3.52. The van der Waals surface area contributed by atoms with Gasteiger partial charge >= 0.3 is 0 Å². The molecule has 0 atom stereocenters. The number of aryl methyl sites for hydroxylation is 2. The Balaban J connectivity index is 1.49. The minimum atomic E-state index is -0.313. The van der Waals surface area contributed by atoms with E-state index >= 15 is 0 Å². The van der Waals surface area contributed by atoms with Crippen molar-refractivity contribution in [2.45, 2.75) is 25.7 Å². The van der Waals surface area contributed by atoms with E-state index < -0.39 is 0 Å². The number of oxazole rings is 1. The summed E-state index contributed by atoms with van der Waals surface area (Å²) >= 11 is 0. The summed E-state index contributed by atoms with van der Waals surface area (Å²) in [5.74, 6) is 0.943. The van der Waals surface area contributed by atoms with Gasteiger partial charge in [0.25, 0.3) is 5.56 Å². The number of benzene rings is 2. The highest BCUT2D eigenvalue weighted by Gasteiger charge is 2.28. The van der Waals surface area contributed by atoms with Crippen LogP contribution in [0.5, 0.6) is 0 Å². The monoisotopic (exact) mass is 466 g/mol. The van der Waals surface area contributed by atoms with E-state index in [0.29, 0.717) is 18.8 Å². The molecule has 1 aliphatic heterocycles. The Morgan fingerprint density at radius 3 is 2.66 bits per heavy atom. The SMILES string of the molecule is Cc1ccc2oc(C3CCN(c4c(C#N)c(=O)n(C)c5cc(N(C)CC#N)ccc45)CC3)nc2c1. The van der Waals surface area contributed by atoms with Crippen molar-refractivity contribution in [2.24, 2.45) is 7.05 Å². The number of piperidine rings is 1. The Bertz CT molecular complexity index is 1580. The Labute approximate surface area is 203 Å². The third-order valence-corrected chi connectivity index (χ3v) is 6.93. The highest BCUT2D eigenvalue weighted by molar-refractivity contribution is 5.96. The van der Waals surface area contributed by atoms with Crippen molar-refractivity contribution in [3.05, 3.63) is 63.8 Å². The number of anilines is 2. The van der Waals surface area contributed by atoms with Crippen LogP contribution in [0.25, 0.3) is 22.0 Å². The molecule has 1 fully saturated rings. The van der Waals surface area contributed by atoms with E-state index in [0.717, 1.165) is 52.0 Å². The van der Waals surface area contributed by atoms with Gasteiger partial charge in [-0.1, -0.05) is 6.07 Å². The van der Waals surface area contributed by atoms with E-state index in [9.17, 15) is 10.1 Å². The molecule has 1 aliphatic rings. The van der Waals surface area contributed by atoms with Gasteiger partial charge in [-0.2, -0.15) is 10.5 Å². The molecule has 176 valence electrons. The Kier molecular flexibility index (Phi) is 5.66. The van der Waals surface area contributed by atoms with Gasteiger partial charge in [-0.25, -0.2) is 4.98 Å². The first-order chi connectivity index (χ1) is 16.9. The average molecular weight is 467 g/mol.